The molecule has 0 saturated heterocycles. The molecule has 0 aliphatic heterocycles. The molecule has 0 heterocycles. The van der Waals surface area contributed by atoms with Gasteiger partial charge in [-0.3, -0.25) is 15.0 Å². The van der Waals surface area contributed by atoms with Crippen LogP contribution in [0.15, 0.2) is 24.3 Å². The number of carbonyl (C=O) groups is 1. The monoisotopic (exact) mass is 336 g/mol. The average molecular weight is 336 g/mol. The number of amides is 2. The number of urea groups is 1. The molecule has 0 bridgehead atoms. The van der Waals surface area contributed by atoms with Crippen molar-refractivity contribution in [1.29, 1.82) is 0 Å². The number of nitrogens with zero attached hydrogens (tertiary/aromatic N) is 2. The number of nitro groups is 1. The molecule has 0 fully saturated rings. The first-order valence-corrected chi connectivity index (χ1v) is 8.40. The summed E-state index contributed by atoms with van der Waals surface area (Å²) in [6.45, 7) is 11.0. The summed E-state index contributed by atoms with van der Waals surface area (Å²) in [5.74, 6) is 0.539. The van der Waals surface area contributed by atoms with Crippen LogP contribution in [-0.4, -0.2) is 41.5 Å². The predicted octanol–water partition coefficient (Wildman–Crippen LogP) is 3.47. The van der Waals surface area contributed by atoms with Gasteiger partial charge in [-0.2, -0.15) is 0 Å². The van der Waals surface area contributed by atoms with E-state index in [0.29, 0.717) is 18.2 Å². The van der Waals surface area contributed by atoms with Gasteiger partial charge in [-0.15, -0.1) is 0 Å². The van der Waals surface area contributed by atoms with E-state index >= 15 is 0 Å². The number of nitrogens with one attached hydrogen (secondary N) is 2. The molecule has 0 saturated carbocycles. The molecule has 134 valence electrons. The predicted molar refractivity (Wildman–Crippen MR) is 96.3 cm³/mol. The molecule has 0 aromatic heterocycles. The van der Waals surface area contributed by atoms with Gasteiger partial charge < -0.3 is 10.6 Å². The third-order valence-electron chi connectivity index (χ3n) is 3.89. The van der Waals surface area contributed by atoms with E-state index in [-0.39, 0.29) is 17.8 Å². The van der Waals surface area contributed by atoms with Crippen LogP contribution in [-0.2, 0) is 0 Å². The van der Waals surface area contributed by atoms with Crippen LogP contribution < -0.4 is 10.6 Å². The Bertz CT molecular complexity index is 544. The Morgan fingerprint density at radius 2 is 1.96 bits per heavy atom. The maximum atomic E-state index is 12.1. The molecule has 0 aliphatic rings. The van der Waals surface area contributed by atoms with Gasteiger partial charge in [0.15, 0.2) is 0 Å². The fourth-order valence-corrected chi connectivity index (χ4v) is 2.73. The van der Waals surface area contributed by atoms with Crippen LogP contribution in [0.25, 0.3) is 0 Å². The standard InChI is InChI=1S/C17H28N4O3/c1-5-20(6-2)16(10-13(3)4)12-18-17(22)19-14-8-7-9-15(11-14)21(23)24/h7-9,11,13,16H,5-6,10,12H2,1-4H3,(H2,18,19,22)/t16-/m1/s1. The van der Waals surface area contributed by atoms with Gasteiger partial charge in [0.05, 0.1) is 4.92 Å². The van der Waals surface area contributed by atoms with Crippen molar-refractivity contribution in [2.24, 2.45) is 5.92 Å². The van der Waals surface area contributed by atoms with Gasteiger partial charge >= 0.3 is 6.03 Å². The number of nitro benzene ring substituents is 1. The van der Waals surface area contributed by atoms with Crippen molar-refractivity contribution in [2.75, 3.05) is 25.0 Å². The van der Waals surface area contributed by atoms with Crippen molar-refractivity contribution in [3.8, 4) is 0 Å². The maximum absolute atomic E-state index is 12.1. The molecule has 0 unspecified atom stereocenters. The molecule has 1 rings (SSSR count). The fraction of sp³-hybridized carbons (Fsp3) is 0.588. The van der Waals surface area contributed by atoms with Crippen LogP contribution in [0, 0.1) is 16.0 Å². The molecule has 24 heavy (non-hydrogen) atoms. The lowest BCUT2D eigenvalue weighted by Crippen LogP contribution is -2.45. The molecule has 2 amide bonds. The third kappa shape index (κ3) is 6.54. The van der Waals surface area contributed by atoms with Crippen LogP contribution in [0.5, 0.6) is 0 Å². The van der Waals surface area contributed by atoms with Crippen molar-refractivity contribution in [1.82, 2.24) is 10.2 Å². The summed E-state index contributed by atoms with van der Waals surface area (Å²) < 4.78 is 0. The van der Waals surface area contributed by atoms with E-state index in [0.717, 1.165) is 19.5 Å². The molecule has 0 spiro atoms. The molecule has 1 aromatic carbocycles. The van der Waals surface area contributed by atoms with Crippen molar-refractivity contribution >= 4 is 17.4 Å². The quantitative estimate of drug-likeness (QED) is 0.534. The van der Waals surface area contributed by atoms with Crippen LogP contribution in [0.4, 0.5) is 16.2 Å². The first-order valence-electron chi connectivity index (χ1n) is 8.40. The zero-order valence-corrected chi connectivity index (χ0v) is 14.9. The van der Waals surface area contributed by atoms with Gasteiger partial charge in [-0.25, -0.2) is 4.79 Å². The summed E-state index contributed by atoms with van der Waals surface area (Å²) >= 11 is 0. The Hall–Kier alpha value is -2.15. The summed E-state index contributed by atoms with van der Waals surface area (Å²) in [4.78, 5) is 24.7. The highest BCUT2D eigenvalue weighted by atomic mass is 16.6. The van der Waals surface area contributed by atoms with E-state index in [1.165, 1.54) is 12.1 Å². The molecule has 1 aromatic rings. The van der Waals surface area contributed by atoms with E-state index in [9.17, 15) is 14.9 Å². The summed E-state index contributed by atoms with van der Waals surface area (Å²) in [5, 5.41) is 16.3. The summed E-state index contributed by atoms with van der Waals surface area (Å²) in [5.41, 5.74) is 0.360. The first-order chi connectivity index (χ1) is 11.4. The highest BCUT2D eigenvalue weighted by Crippen LogP contribution is 2.17. The Labute approximate surface area is 143 Å². The third-order valence-corrected chi connectivity index (χ3v) is 3.89. The van der Waals surface area contributed by atoms with Gasteiger partial charge in [-0.1, -0.05) is 33.8 Å². The topological polar surface area (TPSA) is 87.5 Å². The summed E-state index contributed by atoms with van der Waals surface area (Å²) in [6, 6.07) is 5.83. The van der Waals surface area contributed by atoms with E-state index in [1.54, 1.807) is 12.1 Å². The van der Waals surface area contributed by atoms with Gasteiger partial charge in [0, 0.05) is 30.4 Å². The number of anilines is 1. The largest absolute Gasteiger partial charge is 0.336 e. The number of likely N-dealkylation sites (N-methyl/N-ethyl adjacent to an activating group) is 1. The van der Waals surface area contributed by atoms with Crippen LogP contribution in [0.2, 0.25) is 0 Å². The van der Waals surface area contributed by atoms with Crippen LogP contribution in [0.1, 0.15) is 34.1 Å². The van der Waals surface area contributed by atoms with Crippen LogP contribution in [0.3, 0.4) is 0 Å². The fourth-order valence-electron chi connectivity index (χ4n) is 2.73. The SMILES string of the molecule is CCN(CC)[C@@H](CNC(=O)Nc1cccc([N+](=O)[O-])c1)CC(C)C. The minimum Gasteiger partial charge on any atom is -0.336 e. The second-order valence-electron chi connectivity index (χ2n) is 6.15. The molecular weight excluding hydrogens is 308 g/mol. The molecule has 0 radical (unpaired) electrons. The number of carbonyl (C=O) groups excluding carboxylic acids is 1. The lowest BCUT2D eigenvalue weighted by atomic mass is 10.0. The molecule has 0 aliphatic carbocycles. The molecule has 7 heteroatoms. The maximum Gasteiger partial charge on any atom is 0.319 e. The summed E-state index contributed by atoms with van der Waals surface area (Å²) in [6.07, 6.45) is 0.999. The van der Waals surface area contributed by atoms with Gasteiger partial charge in [0.25, 0.3) is 5.69 Å². The molecular formula is C17H28N4O3. The lowest BCUT2D eigenvalue weighted by Gasteiger charge is -2.31. The molecule has 2 N–H and O–H groups in total. The second-order valence-corrected chi connectivity index (χ2v) is 6.15. The van der Waals surface area contributed by atoms with Crippen molar-refractivity contribution in [2.45, 2.75) is 40.2 Å². The lowest BCUT2D eigenvalue weighted by molar-refractivity contribution is -0.384. The smallest absolute Gasteiger partial charge is 0.319 e. The van der Waals surface area contributed by atoms with Gasteiger partial charge in [0.1, 0.15) is 0 Å². The van der Waals surface area contributed by atoms with Crippen LogP contribution >= 0.6 is 0 Å². The van der Waals surface area contributed by atoms with Crippen molar-refractivity contribution < 1.29 is 9.72 Å². The van der Waals surface area contributed by atoms with E-state index in [4.69, 9.17) is 0 Å². The number of hydrogen-bond donors (Lipinski definition) is 2. The number of hydrogen-bond acceptors (Lipinski definition) is 4. The van der Waals surface area contributed by atoms with E-state index in [2.05, 4.69) is 43.2 Å². The van der Waals surface area contributed by atoms with Crippen molar-refractivity contribution in [3.63, 3.8) is 0 Å². The zero-order valence-electron chi connectivity index (χ0n) is 14.9. The highest BCUT2D eigenvalue weighted by Gasteiger charge is 2.18. The number of rotatable bonds is 9. The highest BCUT2D eigenvalue weighted by molar-refractivity contribution is 5.89. The number of non-ortho nitro benzene ring substituents is 1. The van der Waals surface area contributed by atoms with Gasteiger partial charge in [0.2, 0.25) is 0 Å². The Kier molecular flexibility index (Phi) is 8.18. The minimum absolute atomic E-state index is 0.0476. The molecule has 1 atom stereocenters. The summed E-state index contributed by atoms with van der Waals surface area (Å²) in [7, 11) is 0. The second kappa shape index (κ2) is 9.87. The van der Waals surface area contributed by atoms with E-state index < -0.39 is 4.92 Å². The Morgan fingerprint density at radius 3 is 2.50 bits per heavy atom. The van der Waals surface area contributed by atoms with Crippen molar-refractivity contribution in [3.05, 3.63) is 34.4 Å². The number of benzene rings is 1. The Balaban J connectivity index is 2.62. The van der Waals surface area contributed by atoms with E-state index in [1.807, 2.05) is 0 Å². The molecule has 7 nitrogen and oxygen atoms in total. The zero-order chi connectivity index (χ0) is 18.1. The first kappa shape index (κ1) is 19.9. The normalized spacial score (nSPS) is 12.2. The average Bonchev–Trinajstić information content (AvgIpc) is 2.53. The van der Waals surface area contributed by atoms with Gasteiger partial charge in [-0.05, 0) is 31.5 Å². The minimum atomic E-state index is -0.484. The Morgan fingerprint density at radius 1 is 1.29 bits per heavy atom.